The van der Waals surface area contributed by atoms with Gasteiger partial charge in [0.1, 0.15) is 0 Å². The number of nitrogens with zero attached hydrogens (tertiary/aromatic N) is 1. The summed E-state index contributed by atoms with van der Waals surface area (Å²) in [6.45, 7) is 6.54. The summed E-state index contributed by atoms with van der Waals surface area (Å²) in [5.41, 5.74) is 10.0. The van der Waals surface area contributed by atoms with Gasteiger partial charge in [0.05, 0.1) is 0 Å². The first-order chi connectivity index (χ1) is 17.1. The zero-order chi connectivity index (χ0) is 24.5. The van der Waals surface area contributed by atoms with Crippen molar-refractivity contribution < 1.29 is 0 Å². The van der Waals surface area contributed by atoms with Gasteiger partial charge in [-0.2, -0.15) is 0 Å². The molecule has 0 aliphatic heterocycles. The predicted octanol–water partition coefficient (Wildman–Crippen LogP) is 10.3. The van der Waals surface area contributed by atoms with Crippen LogP contribution in [0.2, 0.25) is 0 Å². The molecule has 0 amide bonds. The van der Waals surface area contributed by atoms with Crippen LogP contribution in [0, 0.1) is 13.8 Å². The molecular formula is C34H39N. The number of anilines is 3. The molecule has 0 spiro atoms. The molecule has 180 valence electrons. The first-order valence-corrected chi connectivity index (χ1v) is 13.3. The SMILES string of the molecule is CCCCCCCCc1ccc(-c2ccc(N(c3ccc(C)cc3)c3ccc(C)cc3)cc2)cc1. The maximum absolute atomic E-state index is 2.33. The van der Waals surface area contributed by atoms with E-state index >= 15 is 0 Å². The molecular weight excluding hydrogens is 422 g/mol. The van der Waals surface area contributed by atoms with Gasteiger partial charge in [-0.25, -0.2) is 0 Å². The van der Waals surface area contributed by atoms with E-state index in [-0.39, 0.29) is 0 Å². The van der Waals surface area contributed by atoms with Crippen LogP contribution in [0.1, 0.15) is 62.1 Å². The van der Waals surface area contributed by atoms with E-state index in [0.717, 1.165) is 0 Å². The standard InChI is InChI=1S/C34H39N/c1-4-5-6-7-8-9-10-29-15-17-30(18-16-29)31-19-25-34(26-20-31)35(32-21-11-27(2)12-22-32)33-23-13-28(3)14-24-33/h11-26H,4-10H2,1-3H3. The van der Waals surface area contributed by atoms with Crippen LogP contribution in [0.25, 0.3) is 11.1 Å². The molecule has 35 heavy (non-hydrogen) atoms. The Labute approximate surface area is 212 Å². The summed E-state index contributed by atoms with van der Waals surface area (Å²) < 4.78 is 0. The van der Waals surface area contributed by atoms with Crippen LogP contribution in [-0.4, -0.2) is 0 Å². The molecule has 0 aromatic heterocycles. The number of unbranched alkanes of at least 4 members (excludes halogenated alkanes) is 5. The van der Waals surface area contributed by atoms with Gasteiger partial charge in [-0.1, -0.05) is 111 Å². The molecule has 0 bridgehead atoms. The smallest absolute Gasteiger partial charge is 0.0462 e. The molecule has 0 saturated heterocycles. The number of hydrogen-bond acceptors (Lipinski definition) is 1. The van der Waals surface area contributed by atoms with Crippen LogP contribution < -0.4 is 4.90 Å². The number of hydrogen-bond donors (Lipinski definition) is 0. The van der Waals surface area contributed by atoms with Crippen molar-refractivity contribution in [3.63, 3.8) is 0 Å². The summed E-state index contributed by atoms with van der Waals surface area (Å²) in [5, 5.41) is 0. The molecule has 4 aromatic rings. The van der Waals surface area contributed by atoms with Crippen LogP contribution in [0.15, 0.2) is 97.1 Å². The van der Waals surface area contributed by atoms with E-state index in [1.807, 2.05) is 0 Å². The maximum Gasteiger partial charge on any atom is 0.0462 e. The highest BCUT2D eigenvalue weighted by Crippen LogP contribution is 2.35. The summed E-state index contributed by atoms with van der Waals surface area (Å²) in [6.07, 6.45) is 9.29. The summed E-state index contributed by atoms with van der Waals surface area (Å²) >= 11 is 0. The second-order valence-corrected chi connectivity index (χ2v) is 9.77. The minimum absolute atomic E-state index is 1.17. The van der Waals surface area contributed by atoms with Crippen LogP contribution in [0.3, 0.4) is 0 Å². The molecule has 0 heterocycles. The molecule has 0 fully saturated rings. The Balaban J connectivity index is 1.48. The van der Waals surface area contributed by atoms with E-state index in [1.165, 1.54) is 89.8 Å². The van der Waals surface area contributed by atoms with Gasteiger partial charge in [-0.3, -0.25) is 0 Å². The van der Waals surface area contributed by atoms with Gasteiger partial charge in [-0.15, -0.1) is 0 Å². The Bertz CT molecular complexity index is 1110. The van der Waals surface area contributed by atoms with Crippen molar-refractivity contribution in [3.8, 4) is 11.1 Å². The highest BCUT2D eigenvalue weighted by Gasteiger charge is 2.12. The third-order valence-electron chi connectivity index (χ3n) is 6.82. The van der Waals surface area contributed by atoms with Gasteiger partial charge in [0.15, 0.2) is 0 Å². The molecule has 0 radical (unpaired) electrons. The summed E-state index contributed by atoms with van der Waals surface area (Å²) in [4.78, 5) is 2.33. The molecule has 4 aromatic carbocycles. The fraction of sp³-hybridized carbons (Fsp3) is 0.294. The van der Waals surface area contributed by atoms with Crippen molar-refractivity contribution >= 4 is 17.1 Å². The fourth-order valence-corrected chi connectivity index (χ4v) is 4.61. The fourth-order valence-electron chi connectivity index (χ4n) is 4.61. The average molecular weight is 462 g/mol. The molecule has 1 heteroatoms. The van der Waals surface area contributed by atoms with Crippen molar-refractivity contribution in [3.05, 3.63) is 114 Å². The molecule has 0 unspecified atom stereocenters. The normalized spacial score (nSPS) is 10.9. The van der Waals surface area contributed by atoms with Gasteiger partial charge in [0.25, 0.3) is 0 Å². The summed E-state index contributed by atoms with van der Waals surface area (Å²) in [5.74, 6) is 0. The molecule has 0 aliphatic carbocycles. The summed E-state index contributed by atoms with van der Waals surface area (Å²) in [6, 6.07) is 35.6. The van der Waals surface area contributed by atoms with Gasteiger partial charge in [-0.05, 0) is 79.8 Å². The lowest BCUT2D eigenvalue weighted by molar-refractivity contribution is 0.607. The Kier molecular flexibility index (Phi) is 8.79. The maximum atomic E-state index is 2.33. The lowest BCUT2D eigenvalue weighted by atomic mass is 10.0. The zero-order valence-electron chi connectivity index (χ0n) is 21.6. The Hall–Kier alpha value is -3.32. The quantitative estimate of drug-likeness (QED) is 0.201. The topological polar surface area (TPSA) is 3.24 Å². The highest BCUT2D eigenvalue weighted by atomic mass is 15.1. The largest absolute Gasteiger partial charge is 0.311 e. The Morgan fingerprint density at radius 2 is 0.857 bits per heavy atom. The van der Waals surface area contributed by atoms with Gasteiger partial charge < -0.3 is 4.90 Å². The van der Waals surface area contributed by atoms with E-state index in [2.05, 4.69) is 123 Å². The van der Waals surface area contributed by atoms with Crippen molar-refractivity contribution in [1.82, 2.24) is 0 Å². The van der Waals surface area contributed by atoms with Gasteiger partial charge >= 0.3 is 0 Å². The Morgan fingerprint density at radius 3 is 1.34 bits per heavy atom. The first-order valence-electron chi connectivity index (χ1n) is 13.3. The number of rotatable bonds is 11. The first kappa shape index (κ1) is 24.8. The Morgan fingerprint density at radius 1 is 0.457 bits per heavy atom. The minimum atomic E-state index is 1.17. The molecule has 4 rings (SSSR count). The van der Waals surface area contributed by atoms with Crippen LogP contribution in [-0.2, 0) is 6.42 Å². The highest BCUT2D eigenvalue weighted by molar-refractivity contribution is 5.78. The van der Waals surface area contributed by atoms with Crippen molar-refractivity contribution in [2.75, 3.05) is 4.90 Å². The molecule has 0 aliphatic rings. The predicted molar refractivity (Wildman–Crippen MR) is 153 cm³/mol. The number of aryl methyl sites for hydroxylation is 3. The van der Waals surface area contributed by atoms with Crippen LogP contribution >= 0.6 is 0 Å². The molecule has 0 saturated carbocycles. The van der Waals surface area contributed by atoms with Crippen LogP contribution in [0.4, 0.5) is 17.1 Å². The minimum Gasteiger partial charge on any atom is -0.311 e. The molecule has 0 N–H and O–H groups in total. The second kappa shape index (κ2) is 12.4. The average Bonchev–Trinajstić information content (AvgIpc) is 2.89. The van der Waals surface area contributed by atoms with Crippen molar-refractivity contribution in [2.24, 2.45) is 0 Å². The van der Waals surface area contributed by atoms with E-state index in [0.29, 0.717) is 0 Å². The third-order valence-corrected chi connectivity index (χ3v) is 6.82. The monoisotopic (exact) mass is 461 g/mol. The molecule has 1 nitrogen and oxygen atoms in total. The molecule has 0 atom stereocenters. The van der Waals surface area contributed by atoms with E-state index in [4.69, 9.17) is 0 Å². The van der Waals surface area contributed by atoms with Gasteiger partial charge in [0.2, 0.25) is 0 Å². The summed E-state index contributed by atoms with van der Waals surface area (Å²) in [7, 11) is 0. The van der Waals surface area contributed by atoms with Gasteiger partial charge in [0, 0.05) is 17.1 Å². The van der Waals surface area contributed by atoms with Crippen molar-refractivity contribution in [2.45, 2.75) is 65.7 Å². The third kappa shape index (κ3) is 6.85. The number of benzene rings is 4. The van der Waals surface area contributed by atoms with Crippen molar-refractivity contribution in [1.29, 1.82) is 0 Å². The van der Waals surface area contributed by atoms with E-state index in [9.17, 15) is 0 Å². The lowest BCUT2D eigenvalue weighted by Crippen LogP contribution is -2.09. The second-order valence-electron chi connectivity index (χ2n) is 9.77. The zero-order valence-corrected chi connectivity index (χ0v) is 21.6. The lowest BCUT2D eigenvalue weighted by Gasteiger charge is -2.26. The van der Waals surface area contributed by atoms with E-state index < -0.39 is 0 Å². The van der Waals surface area contributed by atoms with Crippen LogP contribution in [0.5, 0.6) is 0 Å². The van der Waals surface area contributed by atoms with E-state index in [1.54, 1.807) is 0 Å².